The van der Waals surface area contributed by atoms with Gasteiger partial charge in [-0.1, -0.05) is 13.8 Å². The van der Waals surface area contributed by atoms with E-state index in [1.54, 1.807) is 7.11 Å². The molecule has 0 fully saturated rings. The van der Waals surface area contributed by atoms with E-state index in [1.165, 1.54) is 0 Å². The van der Waals surface area contributed by atoms with E-state index in [4.69, 9.17) is 9.47 Å². The quantitative estimate of drug-likeness (QED) is 0.651. The predicted molar refractivity (Wildman–Crippen MR) is 59.7 cm³/mol. The number of carbonyl (C=O) groups excluding carboxylic acids is 1. The number of nitrogens with one attached hydrogen (secondary N) is 1. The first-order valence-corrected chi connectivity index (χ1v) is 5.39. The molecule has 0 aromatic carbocycles. The zero-order valence-corrected chi connectivity index (χ0v) is 10.4. The molecular formula is C11H23NO3. The molecule has 0 heterocycles. The number of methoxy groups -OCH3 is 1. The van der Waals surface area contributed by atoms with E-state index in [2.05, 4.69) is 19.2 Å². The number of hydrogen-bond acceptors (Lipinski definition) is 4. The van der Waals surface area contributed by atoms with Crippen LogP contribution in [0.15, 0.2) is 0 Å². The van der Waals surface area contributed by atoms with Crippen molar-refractivity contribution >= 4 is 5.97 Å². The average molecular weight is 217 g/mol. The maximum atomic E-state index is 11.3. The Labute approximate surface area is 92.3 Å². The smallest absolute Gasteiger partial charge is 0.320 e. The fourth-order valence-electron chi connectivity index (χ4n) is 1.19. The van der Waals surface area contributed by atoms with E-state index >= 15 is 0 Å². The van der Waals surface area contributed by atoms with E-state index in [1.807, 2.05) is 13.8 Å². The molecule has 0 aliphatic carbocycles. The van der Waals surface area contributed by atoms with Gasteiger partial charge in [0.05, 0.1) is 19.3 Å². The molecule has 0 rings (SSSR count). The van der Waals surface area contributed by atoms with Crippen LogP contribution in [-0.2, 0) is 14.3 Å². The summed E-state index contributed by atoms with van der Waals surface area (Å²) in [6.07, 6.45) is -0.0563. The summed E-state index contributed by atoms with van der Waals surface area (Å²) in [6, 6.07) is 0.190. The standard InChI is InChI=1S/C11H23NO3/c1-8(2)10(7-14-5)12-6-11(13)15-9(3)4/h8-10,12H,6-7H2,1-5H3. The number of hydrogen-bond donors (Lipinski definition) is 1. The summed E-state index contributed by atoms with van der Waals surface area (Å²) in [4.78, 5) is 11.3. The van der Waals surface area contributed by atoms with Crippen molar-refractivity contribution in [1.29, 1.82) is 0 Å². The highest BCUT2D eigenvalue weighted by molar-refractivity contribution is 5.71. The van der Waals surface area contributed by atoms with Gasteiger partial charge in [-0.25, -0.2) is 0 Å². The lowest BCUT2D eigenvalue weighted by Crippen LogP contribution is -2.41. The third kappa shape index (κ3) is 7.33. The minimum absolute atomic E-state index is 0.0563. The molecule has 0 aromatic heterocycles. The van der Waals surface area contributed by atoms with Gasteiger partial charge >= 0.3 is 5.97 Å². The van der Waals surface area contributed by atoms with Gasteiger partial charge in [-0.2, -0.15) is 0 Å². The van der Waals surface area contributed by atoms with Crippen molar-refractivity contribution in [3.63, 3.8) is 0 Å². The Morgan fingerprint density at radius 2 is 1.87 bits per heavy atom. The highest BCUT2D eigenvalue weighted by Gasteiger charge is 2.14. The third-order valence-corrected chi connectivity index (χ3v) is 2.03. The van der Waals surface area contributed by atoms with Gasteiger partial charge in [-0.3, -0.25) is 4.79 Å². The molecular weight excluding hydrogens is 194 g/mol. The average Bonchev–Trinajstić information content (AvgIpc) is 2.10. The molecule has 0 aliphatic heterocycles. The van der Waals surface area contributed by atoms with Crippen molar-refractivity contribution in [2.45, 2.75) is 39.8 Å². The highest BCUT2D eigenvalue weighted by atomic mass is 16.5. The van der Waals surface area contributed by atoms with Crippen molar-refractivity contribution in [3.05, 3.63) is 0 Å². The lowest BCUT2D eigenvalue weighted by molar-refractivity contribution is -0.146. The maximum Gasteiger partial charge on any atom is 0.320 e. The molecule has 1 unspecified atom stereocenters. The Hall–Kier alpha value is -0.610. The van der Waals surface area contributed by atoms with E-state index in [-0.39, 0.29) is 24.7 Å². The van der Waals surface area contributed by atoms with Gasteiger partial charge in [0, 0.05) is 13.2 Å². The van der Waals surface area contributed by atoms with Crippen LogP contribution in [0.5, 0.6) is 0 Å². The van der Waals surface area contributed by atoms with Crippen LogP contribution in [0.1, 0.15) is 27.7 Å². The summed E-state index contributed by atoms with van der Waals surface area (Å²) in [5.41, 5.74) is 0. The number of ether oxygens (including phenoxy) is 2. The Kier molecular flexibility index (Phi) is 7.34. The lowest BCUT2D eigenvalue weighted by atomic mass is 10.1. The van der Waals surface area contributed by atoms with Crippen LogP contribution in [-0.4, -0.2) is 38.4 Å². The molecule has 15 heavy (non-hydrogen) atoms. The first-order valence-electron chi connectivity index (χ1n) is 5.39. The van der Waals surface area contributed by atoms with Gasteiger partial charge in [-0.15, -0.1) is 0 Å². The Morgan fingerprint density at radius 3 is 2.27 bits per heavy atom. The fourth-order valence-corrected chi connectivity index (χ4v) is 1.19. The molecule has 4 nitrogen and oxygen atoms in total. The maximum absolute atomic E-state index is 11.3. The highest BCUT2D eigenvalue weighted by Crippen LogP contribution is 2.01. The first-order chi connectivity index (χ1) is 6.97. The topological polar surface area (TPSA) is 47.6 Å². The molecule has 0 bridgehead atoms. The minimum Gasteiger partial charge on any atom is -0.462 e. The third-order valence-electron chi connectivity index (χ3n) is 2.03. The van der Waals surface area contributed by atoms with E-state index < -0.39 is 0 Å². The van der Waals surface area contributed by atoms with Crippen molar-refractivity contribution in [2.24, 2.45) is 5.92 Å². The van der Waals surface area contributed by atoms with Gasteiger partial charge in [-0.05, 0) is 19.8 Å². The van der Waals surface area contributed by atoms with Crippen LogP contribution < -0.4 is 5.32 Å². The second-order valence-electron chi connectivity index (χ2n) is 4.23. The molecule has 0 amide bonds. The summed E-state index contributed by atoms with van der Waals surface area (Å²) < 4.78 is 10.1. The van der Waals surface area contributed by atoms with Crippen LogP contribution in [0, 0.1) is 5.92 Å². The van der Waals surface area contributed by atoms with Crippen molar-refractivity contribution < 1.29 is 14.3 Å². The van der Waals surface area contributed by atoms with Gasteiger partial charge < -0.3 is 14.8 Å². The van der Waals surface area contributed by atoms with E-state index in [0.29, 0.717) is 12.5 Å². The molecule has 0 spiro atoms. The van der Waals surface area contributed by atoms with Gasteiger partial charge in [0.1, 0.15) is 0 Å². The van der Waals surface area contributed by atoms with Gasteiger partial charge in [0.2, 0.25) is 0 Å². The van der Waals surface area contributed by atoms with Crippen molar-refractivity contribution in [1.82, 2.24) is 5.32 Å². The summed E-state index contributed by atoms with van der Waals surface area (Å²) in [5.74, 6) is 0.212. The SMILES string of the molecule is COCC(NCC(=O)OC(C)C)C(C)C. The van der Waals surface area contributed by atoms with E-state index in [0.717, 1.165) is 0 Å². The molecule has 0 saturated heterocycles. The van der Waals surface area contributed by atoms with Crippen molar-refractivity contribution in [2.75, 3.05) is 20.3 Å². The summed E-state index contributed by atoms with van der Waals surface area (Å²) >= 11 is 0. The minimum atomic E-state index is -0.216. The number of rotatable bonds is 7. The Morgan fingerprint density at radius 1 is 1.27 bits per heavy atom. The Bertz CT molecular complexity index is 181. The van der Waals surface area contributed by atoms with Crippen LogP contribution in [0.25, 0.3) is 0 Å². The number of esters is 1. The molecule has 1 atom stereocenters. The number of carbonyl (C=O) groups is 1. The predicted octanol–water partition coefficient (Wildman–Crippen LogP) is 1.20. The monoisotopic (exact) mass is 217 g/mol. The van der Waals surface area contributed by atoms with Crippen LogP contribution in [0.4, 0.5) is 0 Å². The summed E-state index contributed by atoms with van der Waals surface area (Å²) in [6.45, 7) is 8.70. The van der Waals surface area contributed by atoms with Crippen LogP contribution >= 0.6 is 0 Å². The first kappa shape index (κ1) is 14.4. The van der Waals surface area contributed by atoms with Crippen molar-refractivity contribution in [3.8, 4) is 0 Å². The molecule has 0 aliphatic rings. The molecule has 4 heteroatoms. The normalized spacial score (nSPS) is 13.3. The van der Waals surface area contributed by atoms with Crippen LogP contribution in [0.3, 0.4) is 0 Å². The second-order valence-corrected chi connectivity index (χ2v) is 4.23. The van der Waals surface area contributed by atoms with Gasteiger partial charge in [0.15, 0.2) is 0 Å². The molecule has 1 N–H and O–H groups in total. The molecule has 0 saturated carbocycles. The van der Waals surface area contributed by atoms with Gasteiger partial charge in [0.25, 0.3) is 0 Å². The second kappa shape index (κ2) is 7.65. The zero-order valence-electron chi connectivity index (χ0n) is 10.4. The fraction of sp³-hybridized carbons (Fsp3) is 0.909. The van der Waals surface area contributed by atoms with Crippen LogP contribution in [0.2, 0.25) is 0 Å². The molecule has 0 radical (unpaired) electrons. The zero-order chi connectivity index (χ0) is 11.8. The summed E-state index contributed by atoms with van der Waals surface area (Å²) in [7, 11) is 1.66. The summed E-state index contributed by atoms with van der Waals surface area (Å²) in [5, 5.41) is 3.13. The largest absolute Gasteiger partial charge is 0.462 e. The molecule has 0 aromatic rings. The molecule has 90 valence electrons. The lowest BCUT2D eigenvalue weighted by Gasteiger charge is -2.21. The Balaban J connectivity index is 3.83. The van der Waals surface area contributed by atoms with E-state index in [9.17, 15) is 4.79 Å².